The number of carbonyl (C=O) groups excluding carboxylic acids is 1. The van der Waals surface area contributed by atoms with Crippen molar-refractivity contribution in [1.82, 2.24) is 0 Å². The summed E-state index contributed by atoms with van der Waals surface area (Å²) in [4.78, 5) is 24.7. The van der Waals surface area contributed by atoms with Gasteiger partial charge in [0, 0.05) is 23.8 Å². The molecule has 0 fully saturated rings. The summed E-state index contributed by atoms with van der Waals surface area (Å²) in [5.41, 5.74) is 0.955. The van der Waals surface area contributed by atoms with Crippen molar-refractivity contribution in [2.45, 2.75) is 0 Å². The fourth-order valence-corrected chi connectivity index (χ4v) is 2.77. The Bertz CT molecular complexity index is 909. The molecule has 0 saturated carbocycles. The van der Waals surface area contributed by atoms with E-state index in [1.807, 2.05) is 0 Å². The van der Waals surface area contributed by atoms with Crippen LogP contribution in [-0.4, -0.2) is 38.2 Å². The highest BCUT2D eigenvalue weighted by Gasteiger charge is 2.24. The summed E-state index contributed by atoms with van der Waals surface area (Å²) in [6.07, 6.45) is 3.02. The number of anilines is 1. The lowest BCUT2D eigenvalue weighted by atomic mass is 10.1. The Hall–Kier alpha value is -3.55. The third-order valence-electron chi connectivity index (χ3n) is 4.12. The van der Waals surface area contributed by atoms with Gasteiger partial charge in [-0.2, -0.15) is 0 Å². The van der Waals surface area contributed by atoms with Crippen molar-refractivity contribution in [3.05, 3.63) is 58.2 Å². The number of non-ortho nitro benzene ring substituents is 1. The Labute approximate surface area is 155 Å². The number of methoxy groups -OCH3 is 2. The molecule has 1 amide bonds. The molecule has 2 aromatic carbocycles. The molecule has 2 aromatic rings. The Morgan fingerprint density at radius 1 is 1.22 bits per heavy atom. The Morgan fingerprint density at radius 2 is 2.04 bits per heavy atom. The molecule has 8 heteroatoms. The summed E-state index contributed by atoms with van der Waals surface area (Å²) < 4.78 is 16.0. The predicted molar refractivity (Wildman–Crippen MR) is 99.5 cm³/mol. The lowest BCUT2D eigenvalue weighted by Crippen LogP contribution is -2.36. The Morgan fingerprint density at radius 3 is 2.74 bits per heavy atom. The zero-order valence-electron chi connectivity index (χ0n) is 14.9. The number of hydrogen-bond donors (Lipinski definition) is 0. The monoisotopic (exact) mass is 370 g/mol. The zero-order valence-corrected chi connectivity index (χ0v) is 14.9. The maximum absolute atomic E-state index is 12.7. The lowest BCUT2D eigenvalue weighted by molar-refractivity contribution is -0.384. The molecule has 1 heterocycles. The number of rotatable bonds is 5. The third-order valence-corrected chi connectivity index (χ3v) is 4.12. The highest BCUT2D eigenvalue weighted by atomic mass is 16.6. The van der Waals surface area contributed by atoms with Gasteiger partial charge in [-0.15, -0.1) is 0 Å². The van der Waals surface area contributed by atoms with Gasteiger partial charge < -0.3 is 19.1 Å². The molecule has 3 rings (SSSR count). The number of nitro benzene ring substituents is 1. The van der Waals surface area contributed by atoms with E-state index in [0.29, 0.717) is 41.7 Å². The summed E-state index contributed by atoms with van der Waals surface area (Å²) in [6.45, 7) is 0.611. The highest BCUT2D eigenvalue weighted by molar-refractivity contribution is 6.05. The topological polar surface area (TPSA) is 91.1 Å². The second kappa shape index (κ2) is 7.77. The van der Waals surface area contributed by atoms with E-state index in [0.717, 1.165) is 0 Å². The first-order valence-electron chi connectivity index (χ1n) is 8.16. The van der Waals surface area contributed by atoms with Crippen LogP contribution in [0.2, 0.25) is 0 Å². The average Bonchev–Trinajstić information content (AvgIpc) is 2.70. The van der Waals surface area contributed by atoms with Crippen molar-refractivity contribution >= 4 is 23.4 Å². The van der Waals surface area contributed by atoms with Gasteiger partial charge in [-0.25, -0.2) is 0 Å². The van der Waals surface area contributed by atoms with Crippen LogP contribution >= 0.6 is 0 Å². The van der Waals surface area contributed by atoms with E-state index in [4.69, 9.17) is 14.2 Å². The van der Waals surface area contributed by atoms with Crippen LogP contribution in [0.15, 0.2) is 42.5 Å². The first-order chi connectivity index (χ1) is 13.0. The molecule has 140 valence electrons. The van der Waals surface area contributed by atoms with Crippen molar-refractivity contribution in [1.29, 1.82) is 0 Å². The van der Waals surface area contributed by atoms with Gasteiger partial charge in [0.25, 0.3) is 11.6 Å². The highest BCUT2D eigenvalue weighted by Crippen LogP contribution is 2.35. The summed E-state index contributed by atoms with van der Waals surface area (Å²) in [6, 6.07) is 9.45. The smallest absolute Gasteiger partial charge is 0.271 e. The minimum Gasteiger partial charge on any atom is -0.497 e. The van der Waals surface area contributed by atoms with E-state index in [1.54, 1.807) is 38.5 Å². The number of carbonyl (C=O) groups is 1. The molecule has 0 saturated heterocycles. The van der Waals surface area contributed by atoms with Crippen LogP contribution in [0.25, 0.3) is 6.08 Å². The van der Waals surface area contributed by atoms with Gasteiger partial charge in [0.1, 0.15) is 23.9 Å². The van der Waals surface area contributed by atoms with Crippen LogP contribution in [0.1, 0.15) is 5.56 Å². The van der Waals surface area contributed by atoms with Crippen molar-refractivity contribution in [3.63, 3.8) is 0 Å². The van der Waals surface area contributed by atoms with E-state index in [1.165, 1.54) is 29.2 Å². The Kier molecular flexibility index (Phi) is 5.25. The minimum absolute atomic E-state index is 0.101. The van der Waals surface area contributed by atoms with Gasteiger partial charge in [-0.1, -0.05) is 0 Å². The first kappa shape index (κ1) is 18.2. The predicted octanol–water partition coefficient (Wildman–Crippen LogP) is 3.05. The molecule has 0 N–H and O–H groups in total. The summed E-state index contributed by atoms with van der Waals surface area (Å²) in [5.74, 6) is 1.35. The van der Waals surface area contributed by atoms with Crippen LogP contribution in [0.4, 0.5) is 11.4 Å². The molecular weight excluding hydrogens is 352 g/mol. The van der Waals surface area contributed by atoms with E-state index < -0.39 is 4.92 Å². The van der Waals surface area contributed by atoms with Gasteiger partial charge in [-0.05, 0) is 30.3 Å². The standard InChI is InChI=1S/C19H18N2O6/c1-25-15-5-7-17(26-2)13(11-15)3-8-19(22)20-9-10-27-18-6-4-14(21(23)24)12-16(18)20/h3-8,11-12H,9-10H2,1-2H3/b8-3+. The number of hydrogen-bond acceptors (Lipinski definition) is 6. The number of ether oxygens (including phenoxy) is 3. The lowest BCUT2D eigenvalue weighted by Gasteiger charge is -2.28. The van der Waals surface area contributed by atoms with Gasteiger partial charge in [0.05, 0.1) is 31.4 Å². The molecule has 1 aliphatic rings. The quantitative estimate of drug-likeness (QED) is 0.456. The molecule has 0 atom stereocenters. The molecule has 0 spiro atoms. The largest absolute Gasteiger partial charge is 0.497 e. The number of fused-ring (bicyclic) bond motifs is 1. The second-order valence-electron chi connectivity index (χ2n) is 5.69. The first-order valence-corrected chi connectivity index (χ1v) is 8.16. The summed E-state index contributed by atoms with van der Waals surface area (Å²) in [5, 5.41) is 11.0. The van der Waals surface area contributed by atoms with Gasteiger partial charge in [-0.3, -0.25) is 14.9 Å². The van der Waals surface area contributed by atoms with Gasteiger partial charge >= 0.3 is 0 Å². The van der Waals surface area contributed by atoms with Crippen LogP contribution in [0.3, 0.4) is 0 Å². The van der Waals surface area contributed by atoms with E-state index in [9.17, 15) is 14.9 Å². The van der Waals surface area contributed by atoms with E-state index in [2.05, 4.69) is 0 Å². The molecule has 0 aliphatic carbocycles. The van der Waals surface area contributed by atoms with Crippen molar-refractivity contribution in [3.8, 4) is 17.2 Å². The maximum Gasteiger partial charge on any atom is 0.271 e. The van der Waals surface area contributed by atoms with Crippen LogP contribution in [0, 0.1) is 10.1 Å². The van der Waals surface area contributed by atoms with Crippen molar-refractivity contribution < 1.29 is 23.9 Å². The fraction of sp³-hybridized carbons (Fsp3) is 0.211. The zero-order chi connectivity index (χ0) is 19.4. The molecule has 0 bridgehead atoms. The fourth-order valence-electron chi connectivity index (χ4n) is 2.77. The third kappa shape index (κ3) is 3.84. The normalized spacial score (nSPS) is 13.0. The molecular formula is C19H18N2O6. The molecule has 8 nitrogen and oxygen atoms in total. The summed E-state index contributed by atoms with van der Waals surface area (Å²) in [7, 11) is 3.09. The maximum atomic E-state index is 12.7. The van der Waals surface area contributed by atoms with Crippen LogP contribution in [0.5, 0.6) is 17.2 Å². The van der Waals surface area contributed by atoms with Crippen LogP contribution < -0.4 is 19.1 Å². The van der Waals surface area contributed by atoms with E-state index in [-0.39, 0.29) is 11.6 Å². The molecule has 27 heavy (non-hydrogen) atoms. The number of benzene rings is 2. The van der Waals surface area contributed by atoms with E-state index >= 15 is 0 Å². The van der Waals surface area contributed by atoms with Gasteiger partial charge in [0.2, 0.25) is 0 Å². The van der Waals surface area contributed by atoms with Crippen LogP contribution in [-0.2, 0) is 4.79 Å². The number of amides is 1. The molecule has 1 aliphatic heterocycles. The summed E-state index contributed by atoms with van der Waals surface area (Å²) >= 11 is 0. The SMILES string of the molecule is COc1ccc(OC)c(/C=C/C(=O)N2CCOc3ccc([N+](=O)[O-])cc32)c1. The average molecular weight is 370 g/mol. The molecule has 0 radical (unpaired) electrons. The Balaban J connectivity index is 1.89. The number of nitrogens with zero attached hydrogens (tertiary/aromatic N) is 2. The van der Waals surface area contributed by atoms with Gasteiger partial charge in [0.15, 0.2) is 0 Å². The second-order valence-corrected chi connectivity index (χ2v) is 5.69. The molecule has 0 unspecified atom stereocenters. The number of nitro groups is 1. The van der Waals surface area contributed by atoms with Crippen molar-refractivity contribution in [2.75, 3.05) is 32.3 Å². The minimum atomic E-state index is -0.505. The van der Waals surface area contributed by atoms with Crippen molar-refractivity contribution in [2.24, 2.45) is 0 Å². The molecule has 0 aromatic heterocycles.